The summed E-state index contributed by atoms with van der Waals surface area (Å²) in [6, 6.07) is 20.7. The molecule has 3 aromatic rings. The number of nitrogens with zero attached hydrogens (tertiary/aromatic N) is 1. The van der Waals surface area contributed by atoms with Gasteiger partial charge in [-0.2, -0.15) is 5.26 Å². The molecule has 6 nitrogen and oxygen atoms in total. The summed E-state index contributed by atoms with van der Waals surface area (Å²) in [5, 5.41) is 15.2. The van der Waals surface area contributed by atoms with Crippen molar-refractivity contribution in [3.05, 3.63) is 91.5 Å². The fraction of sp³-hybridized carbons (Fsp3) is 0.0417. The molecule has 0 aliphatic heterocycles. The van der Waals surface area contributed by atoms with E-state index in [1.165, 1.54) is 6.08 Å². The second kappa shape index (κ2) is 11.7. The number of halogens is 3. The molecule has 33 heavy (non-hydrogen) atoms. The molecule has 0 atom stereocenters. The van der Waals surface area contributed by atoms with Gasteiger partial charge in [0.05, 0.1) is 15.7 Å². The van der Waals surface area contributed by atoms with E-state index in [1.54, 1.807) is 42.5 Å². The maximum absolute atomic E-state index is 12.5. The normalized spacial score (nSPS) is 10.8. The predicted molar refractivity (Wildman–Crippen MR) is 138 cm³/mol. The van der Waals surface area contributed by atoms with Crippen molar-refractivity contribution in [1.82, 2.24) is 0 Å². The van der Waals surface area contributed by atoms with E-state index in [0.29, 0.717) is 27.7 Å². The van der Waals surface area contributed by atoms with Gasteiger partial charge in [0, 0.05) is 9.26 Å². The van der Waals surface area contributed by atoms with E-state index in [9.17, 15) is 14.9 Å². The summed E-state index contributed by atoms with van der Waals surface area (Å²) in [5.41, 5.74) is 1.49. The molecule has 0 aliphatic rings. The van der Waals surface area contributed by atoms with Gasteiger partial charge in [-0.25, -0.2) is 0 Å². The van der Waals surface area contributed by atoms with Gasteiger partial charge in [-0.15, -0.1) is 0 Å². The van der Waals surface area contributed by atoms with Crippen LogP contribution < -0.4 is 15.4 Å². The molecule has 0 unspecified atom stereocenters. The number of hydrogen-bond donors (Lipinski definition) is 2. The van der Waals surface area contributed by atoms with E-state index in [4.69, 9.17) is 27.9 Å². The number of nitrogens with one attached hydrogen (secondary N) is 2. The SMILES string of the molecule is N#C/C(=C\c1ccc(OCC(=O)Nc2ccc(I)cc2)cc1)C(=O)Nc1cccc(Cl)c1Cl. The Morgan fingerprint density at radius 1 is 1.00 bits per heavy atom. The van der Waals surface area contributed by atoms with Crippen molar-refractivity contribution in [2.75, 3.05) is 17.2 Å². The molecule has 0 saturated heterocycles. The summed E-state index contributed by atoms with van der Waals surface area (Å²) in [6.07, 6.45) is 1.43. The lowest BCUT2D eigenvalue weighted by Crippen LogP contribution is -2.20. The van der Waals surface area contributed by atoms with Crippen LogP contribution in [0.2, 0.25) is 10.0 Å². The monoisotopic (exact) mass is 591 g/mol. The second-order valence-corrected chi connectivity index (χ2v) is 8.67. The minimum atomic E-state index is -0.616. The minimum Gasteiger partial charge on any atom is -0.484 e. The summed E-state index contributed by atoms with van der Waals surface area (Å²) in [7, 11) is 0. The van der Waals surface area contributed by atoms with Crippen LogP contribution in [-0.2, 0) is 9.59 Å². The molecular formula is C24H16Cl2IN3O3. The highest BCUT2D eigenvalue weighted by atomic mass is 127. The van der Waals surface area contributed by atoms with Crippen LogP contribution in [0.4, 0.5) is 11.4 Å². The maximum atomic E-state index is 12.5. The van der Waals surface area contributed by atoms with Gasteiger partial charge in [0.15, 0.2) is 6.61 Å². The van der Waals surface area contributed by atoms with E-state index in [0.717, 1.165) is 3.57 Å². The Kier molecular flexibility index (Phi) is 8.72. The van der Waals surface area contributed by atoms with E-state index in [-0.39, 0.29) is 23.1 Å². The van der Waals surface area contributed by atoms with Gasteiger partial charge < -0.3 is 15.4 Å². The highest BCUT2D eigenvalue weighted by Crippen LogP contribution is 2.29. The average molecular weight is 592 g/mol. The smallest absolute Gasteiger partial charge is 0.266 e. The lowest BCUT2D eigenvalue weighted by atomic mass is 10.1. The maximum Gasteiger partial charge on any atom is 0.266 e. The first kappa shape index (κ1) is 24.6. The van der Waals surface area contributed by atoms with Gasteiger partial charge >= 0.3 is 0 Å². The molecule has 0 spiro atoms. The van der Waals surface area contributed by atoms with Crippen molar-refractivity contribution in [2.45, 2.75) is 0 Å². The molecule has 0 aliphatic carbocycles. The van der Waals surface area contributed by atoms with E-state index < -0.39 is 5.91 Å². The van der Waals surface area contributed by atoms with Crippen molar-refractivity contribution in [1.29, 1.82) is 5.26 Å². The molecule has 166 valence electrons. The minimum absolute atomic E-state index is 0.114. The molecule has 0 bridgehead atoms. The molecule has 0 saturated carbocycles. The Morgan fingerprint density at radius 2 is 1.70 bits per heavy atom. The zero-order chi connectivity index (χ0) is 23.8. The number of anilines is 2. The Morgan fingerprint density at radius 3 is 2.36 bits per heavy atom. The topological polar surface area (TPSA) is 91.2 Å². The highest BCUT2D eigenvalue weighted by Gasteiger charge is 2.13. The predicted octanol–water partition coefficient (Wildman–Crippen LogP) is 6.16. The zero-order valence-corrected chi connectivity index (χ0v) is 20.6. The van der Waals surface area contributed by atoms with E-state index in [2.05, 4.69) is 33.2 Å². The molecule has 0 fully saturated rings. The number of carbonyl (C=O) groups is 2. The van der Waals surface area contributed by atoms with E-state index >= 15 is 0 Å². The fourth-order valence-electron chi connectivity index (χ4n) is 2.64. The zero-order valence-electron chi connectivity index (χ0n) is 16.9. The first-order valence-corrected chi connectivity index (χ1v) is 11.3. The highest BCUT2D eigenvalue weighted by molar-refractivity contribution is 14.1. The molecule has 9 heteroatoms. The third kappa shape index (κ3) is 7.22. The van der Waals surface area contributed by atoms with Gasteiger partial charge in [-0.1, -0.05) is 41.4 Å². The van der Waals surface area contributed by atoms with Crippen LogP contribution >= 0.6 is 45.8 Å². The number of rotatable bonds is 7. The summed E-state index contributed by atoms with van der Waals surface area (Å²) >= 11 is 14.2. The number of carbonyl (C=O) groups excluding carboxylic acids is 2. The van der Waals surface area contributed by atoms with Crippen LogP contribution in [0, 0.1) is 14.9 Å². The first-order valence-electron chi connectivity index (χ1n) is 9.51. The summed E-state index contributed by atoms with van der Waals surface area (Å²) in [6.45, 7) is -0.159. The summed E-state index contributed by atoms with van der Waals surface area (Å²) < 4.78 is 6.57. The molecule has 0 heterocycles. The van der Waals surface area contributed by atoms with Crippen LogP contribution in [0.5, 0.6) is 5.75 Å². The number of nitriles is 1. The second-order valence-electron chi connectivity index (χ2n) is 6.64. The van der Waals surface area contributed by atoms with Crippen molar-refractivity contribution in [3.63, 3.8) is 0 Å². The molecule has 0 aromatic heterocycles. The Bertz CT molecular complexity index is 1240. The van der Waals surface area contributed by atoms with Gasteiger partial charge in [0.25, 0.3) is 11.8 Å². The number of hydrogen-bond acceptors (Lipinski definition) is 4. The van der Waals surface area contributed by atoms with Crippen LogP contribution in [0.3, 0.4) is 0 Å². The molecular weight excluding hydrogens is 576 g/mol. The third-order valence-electron chi connectivity index (χ3n) is 4.25. The van der Waals surface area contributed by atoms with Crippen molar-refractivity contribution >= 4 is 75.1 Å². The Balaban J connectivity index is 1.59. The van der Waals surface area contributed by atoms with Crippen LogP contribution in [0.1, 0.15) is 5.56 Å². The summed E-state index contributed by atoms with van der Waals surface area (Å²) in [5.74, 6) is -0.434. The fourth-order valence-corrected chi connectivity index (χ4v) is 3.35. The number of benzene rings is 3. The van der Waals surface area contributed by atoms with Crippen molar-refractivity contribution in [2.24, 2.45) is 0 Å². The molecule has 0 radical (unpaired) electrons. The largest absolute Gasteiger partial charge is 0.484 e. The van der Waals surface area contributed by atoms with Crippen molar-refractivity contribution < 1.29 is 14.3 Å². The standard InChI is InChI=1S/C24H16Cl2IN3O3/c25-20-2-1-3-21(23(20)26)30-24(32)16(13-28)12-15-4-10-19(11-5-15)33-14-22(31)29-18-8-6-17(27)7-9-18/h1-12H,14H2,(H,29,31)(H,30,32)/b16-12+. The third-order valence-corrected chi connectivity index (χ3v) is 5.79. The lowest BCUT2D eigenvalue weighted by Gasteiger charge is -2.08. The Labute approximate surface area is 214 Å². The van der Waals surface area contributed by atoms with Gasteiger partial charge in [-0.05, 0) is 82.8 Å². The van der Waals surface area contributed by atoms with Crippen LogP contribution in [0.15, 0.2) is 72.3 Å². The van der Waals surface area contributed by atoms with Gasteiger partial charge in [-0.3, -0.25) is 9.59 Å². The quantitative estimate of drug-likeness (QED) is 0.195. The average Bonchev–Trinajstić information content (AvgIpc) is 2.81. The molecule has 2 amide bonds. The molecule has 3 rings (SSSR count). The van der Waals surface area contributed by atoms with E-state index in [1.807, 2.05) is 30.3 Å². The summed E-state index contributed by atoms with van der Waals surface area (Å²) in [4.78, 5) is 24.5. The molecule has 2 N–H and O–H groups in total. The van der Waals surface area contributed by atoms with Crippen LogP contribution in [0.25, 0.3) is 6.08 Å². The number of ether oxygens (including phenoxy) is 1. The lowest BCUT2D eigenvalue weighted by molar-refractivity contribution is -0.118. The molecule has 3 aromatic carbocycles. The number of amides is 2. The van der Waals surface area contributed by atoms with Gasteiger partial charge in [0.2, 0.25) is 0 Å². The van der Waals surface area contributed by atoms with Crippen LogP contribution in [-0.4, -0.2) is 18.4 Å². The van der Waals surface area contributed by atoms with Crippen molar-refractivity contribution in [3.8, 4) is 11.8 Å². The first-order chi connectivity index (χ1) is 15.9. The van der Waals surface area contributed by atoms with Gasteiger partial charge in [0.1, 0.15) is 17.4 Å². The Hall–Kier alpha value is -3.06.